The number of hydrogen-bond donors (Lipinski definition) is 1. The molecule has 1 fully saturated rings. The van der Waals surface area contributed by atoms with Crippen molar-refractivity contribution < 1.29 is 14.3 Å². The van der Waals surface area contributed by atoms with Gasteiger partial charge in [-0.2, -0.15) is 0 Å². The molecule has 0 atom stereocenters. The Morgan fingerprint density at radius 1 is 1.08 bits per heavy atom. The zero-order chi connectivity index (χ0) is 17.1. The predicted molar refractivity (Wildman–Crippen MR) is 97.4 cm³/mol. The fourth-order valence-electron chi connectivity index (χ4n) is 3.39. The first kappa shape index (κ1) is 16.0. The van der Waals surface area contributed by atoms with Crippen LogP contribution in [-0.4, -0.2) is 38.8 Å². The maximum Gasteiger partial charge on any atom is 0.228 e. The molecule has 1 amide bonds. The van der Waals surface area contributed by atoms with Crippen LogP contribution in [0.4, 0.5) is 11.4 Å². The lowest BCUT2D eigenvalue weighted by atomic mass is 10.1. The summed E-state index contributed by atoms with van der Waals surface area (Å²) in [5.41, 5.74) is 4.13. The normalized spacial score (nSPS) is 16.2. The van der Waals surface area contributed by atoms with Crippen molar-refractivity contribution in [2.24, 2.45) is 0 Å². The summed E-state index contributed by atoms with van der Waals surface area (Å²) in [5, 5.41) is 3.07. The number of carbonyl (C=O) groups excluding carboxylic acids is 1. The molecule has 0 radical (unpaired) electrons. The lowest BCUT2D eigenvalue weighted by Gasteiger charge is -2.30. The minimum Gasteiger partial charge on any atom is -0.493 e. The number of morpholine rings is 1. The average molecular weight is 338 g/mol. The van der Waals surface area contributed by atoms with E-state index in [2.05, 4.69) is 16.3 Å². The van der Waals surface area contributed by atoms with E-state index in [1.54, 1.807) is 0 Å². The molecule has 0 spiro atoms. The molecule has 130 valence electrons. The van der Waals surface area contributed by atoms with Crippen molar-refractivity contribution in [2.75, 3.05) is 43.1 Å². The Labute approximate surface area is 147 Å². The van der Waals surface area contributed by atoms with Gasteiger partial charge >= 0.3 is 0 Å². The molecule has 0 saturated carbocycles. The van der Waals surface area contributed by atoms with Crippen LogP contribution >= 0.6 is 0 Å². The molecule has 2 aromatic carbocycles. The third-order valence-electron chi connectivity index (χ3n) is 4.65. The Hall–Kier alpha value is -2.53. The number of benzene rings is 2. The van der Waals surface area contributed by atoms with Crippen LogP contribution in [0.15, 0.2) is 42.5 Å². The number of nitrogens with one attached hydrogen (secondary N) is 1. The molecule has 1 N–H and O–H groups in total. The molecule has 0 bridgehead atoms. The number of anilines is 2. The smallest absolute Gasteiger partial charge is 0.228 e. The minimum atomic E-state index is -0.000394. The lowest BCUT2D eigenvalue weighted by molar-refractivity contribution is -0.115. The van der Waals surface area contributed by atoms with Gasteiger partial charge in [0.25, 0.3) is 0 Å². The first-order chi connectivity index (χ1) is 12.3. The molecule has 4 rings (SSSR count). The van der Waals surface area contributed by atoms with E-state index in [1.807, 2.05) is 36.4 Å². The van der Waals surface area contributed by atoms with Gasteiger partial charge in [-0.15, -0.1) is 0 Å². The molecule has 2 heterocycles. The first-order valence-corrected chi connectivity index (χ1v) is 8.76. The second kappa shape index (κ2) is 7.15. The van der Waals surface area contributed by atoms with E-state index in [4.69, 9.17) is 9.47 Å². The highest BCUT2D eigenvalue weighted by molar-refractivity contribution is 5.95. The number of ether oxygens (including phenoxy) is 2. The Morgan fingerprint density at radius 2 is 1.92 bits per heavy atom. The Balaban J connectivity index is 1.46. The third kappa shape index (κ3) is 3.61. The molecule has 0 aromatic heterocycles. The van der Waals surface area contributed by atoms with E-state index < -0.39 is 0 Å². The number of para-hydroxylation sites is 2. The summed E-state index contributed by atoms with van der Waals surface area (Å²) in [6, 6.07) is 14.0. The lowest BCUT2D eigenvalue weighted by Crippen LogP contribution is -2.36. The van der Waals surface area contributed by atoms with Crippen molar-refractivity contribution in [3.05, 3.63) is 53.6 Å². The maximum absolute atomic E-state index is 12.5. The van der Waals surface area contributed by atoms with E-state index in [0.717, 1.165) is 62.0 Å². The highest BCUT2D eigenvalue weighted by atomic mass is 16.5. The van der Waals surface area contributed by atoms with Gasteiger partial charge in [-0.05, 0) is 29.3 Å². The van der Waals surface area contributed by atoms with Crippen molar-refractivity contribution in [3.63, 3.8) is 0 Å². The number of rotatable bonds is 4. The van der Waals surface area contributed by atoms with Crippen LogP contribution in [0.3, 0.4) is 0 Å². The fraction of sp³-hybridized carbons (Fsp3) is 0.350. The van der Waals surface area contributed by atoms with Crippen LogP contribution in [-0.2, 0) is 22.4 Å². The van der Waals surface area contributed by atoms with Gasteiger partial charge in [0.15, 0.2) is 0 Å². The molecule has 2 aliphatic rings. The quantitative estimate of drug-likeness (QED) is 0.931. The molecular formula is C20H22N2O3. The third-order valence-corrected chi connectivity index (χ3v) is 4.65. The van der Waals surface area contributed by atoms with E-state index in [0.29, 0.717) is 6.42 Å². The van der Waals surface area contributed by atoms with Crippen LogP contribution in [0.1, 0.15) is 11.1 Å². The Kier molecular flexibility index (Phi) is 4.57. The van der Waals surface area contributed by atoms with Gasteiger partial charge in [-0.3, -0.25) is 4.79 Å². The highest BCUT2D eigenvalue weighted by Gasteiger charge is 2.17. The van der Waals surface area contributed by atoms with Gasteiger partial charge in [0.2, 0.25) is 5.91 Å². The van der Waals surface area contributed by atoms with Crippen LogP contribution in [0.2, 0.25) is 0 Å². The van der Waals surface area contributed by atoms with Gasteiger partial charge in [-0.1, -0.05) is 24.3 Å². The number of nitrogens with zero attached hydrogens (tertiary/aromatic N) is 1. The highest BCUT2D eigenvalue weighted by Crippen LogP contribution is 2.28. The van der Waals surface area contributed by atoms with E-state index in [1.165, 1.54) is 5.56 Å². The topological polar surface area (TPSA) is 50.8 Å². The summed E-state index contributed by atoms with van der Waals surface area (Å²) in [6.07, 6.45) is 1.29. The molecule has 0 unspecified atom stereocenters. The molecule has 5 heteroatoms. The largest absolute Gasteiger partial charge is 0.493 e. The van der Waals surface area contributed by atoms with Crippen LogP contribution in [0, 0.1) is 0 Å². The zero-order valence-electron chi connectivity index (χ0n) is 14.2. The summed E-state index contributed by atoms with van der Waals surface area (Å²) >= 11 is 0. The van der Waals surface area contributed by atoms with Crippen molar-refractivity contribution >= 4 is 17.3 Å². The number of amides is 1. The van der Waals surface area contributed by atoms with Crippen LogP contribution < -0.4 is 15.0 Å². The predicted octanol–water partition coefficient (Wildman–Crippen LogP) is 2.64. The molecule has 0 aliphatic carbocycles. The standard InChI is InChI=1S/C20H22N2O3/c23-20(14-15-5-6-19-16(13-15)7-10-25-19)21-17-3-1-2-4-18(17)22-8-11-24-12-9-22/h1-6,13H,7-12,14H2,(H,21,23). The molecule has 5 nitrogen and oxygen atoms in total. The number of carbonyl (C=O) groups is 1. The second-order valence-electron chi connectivity index (χ2n) is 6.38. The van der Waals surface area contributed by atoms with E-state index >= 15 is 0 Å². The van der Waals surface area contributed by atoms with Gasteiger partial charge in [0.05, 0.1) is 37.6 Å². The van der Waals surface area contributed by atoms with E-state index in [9.17, 15) is 4.79 Å². The molecular weight excluding hydrogens is 316 g/mol. The van der Waals surface area contributed by atoms with Crippen LogP contribution in [0.25, 0.3) is 0 Å². The first-order valence-electron chi connectivity index (χ1n) is 8.76. The Morgan fingerprint density at radius 3 is 2.80 bits per heavy atom. The molecule has 1 saturated heterocycles. The average Bonchev–Trinajstić information content (AvgIpc) is 3.10. The van der Waals surface area contributed by atoms with Crippen LogP contribution in [0.5, 0.6) is 5.75 Å². The molecule has 2 aliphatic heterocycles. The van der Waals surface area contributed by atoms with Crippen molar-refractivity contribution in [1.29, 1.82) is 0 Å². The summed E-state index contributed by atoms with van der Waals surface area (Å²) in [7, 11) is 0. The second-order valence-corrected chi connectivity index (χ2v) is 6.38. The Bertz CT molecular complexity index is 769. The monoisotopic (exact) mass is 338 g/mol. The SMILES string of the molecule is O=C(Cc1ccc2c(c1)CCO2)Nc1ccccc1N1CCOCC1. The summed E-state index contributed by atoms with van der Waals surface area (Å²) in [4.78, 5) is 14.8. The van der Waals surface area contributed by atoms with Gasteiger partial charge < -0.3 is 19.7 Å². The summed E-state index contributed by atoms with van der Waals surface area (Å²) in [5.74, 6) is 0.946. The van der Waals surface area contributed by atoms with Crippen molar-refractivity contribution in [1.82, 2.24) is 0 Å². The summed E-state index contributed by atoms with van der Waals surface area (Å²) < 4.78 is 10.9. The molecule has 25 heavy (non-hydrogen) atoms. The maximum atomic E-state index is 12.5. The fourth-order valence-corrected chi connectivity index (χ4v) is 3.39. The zero-order valence-corrected chi connectivity index (χ0v) is 14.2. The van der Waals surface area contributed by atoms with Gasteiger partial charge in [0, 0.05) is 19.5 Å². The number of fused-ring (bicyclic) bond motifs is 1. The van der Waals surface area contributed by atoms with Crippen molar-refractivity contribution in [2.45, 2.75) is 12.8 Å². The molecule has 2 aromatic rings. The summed E-state index contributed by atoms with van der Waals surface area (Å²) in [6.45, 7) is 3.87. The van der Waals surface area contributed by atoms with Gasteiger partial charge in [0.1, 0.15) is 5.75 Å². The van der Waals surface area contributed by atoms with E-state index in [-0.39, 0.29) is 5.91 Å². The minimum absolute atomic E-state index is 0.000394. The number of hydrogen-bond acceptors (Lipinski definition) is 4. The van der Waals surface area contributed by atoms with Crippen molar-refractivity contribution in [3.8, 4) is 5.75 Å². The van der Waals surface area contributed by atoms with Gasteiger partial charge in [-0.25, -0.2) is 0 Å².